The molecule has 8 heteroatoms. The average molecular weight is 430 g/mol. The number of fused-ring (bicyclic) bond motifs is 1. The first-order chi connectivity index (χ1) is 12.6. The first-order valence-electron chi connectivity index (χ1n) is 8.22. The zero-order valence-corrected chi connectivity index (χ0v) is 17.3. The van der Waals surface area contributed by atoms with Gasteiger partial charge in [0.2, 0.25) is 0 Å². The first-order valence-corrected chi connectivity index (χ1v) is 9.86. The Labute approximate surface area is 171 Å². The quantitative estimate of drug-likeness (QED) is 0.636. The van der Waals surface area contributed by atoms with Crippen LogP contribution in [0.3, 0.4) is 0 Å². The number of ether oxygens (including phenoxy) is 2. The van der Waals surface area contributed by atoms with Crippen LogP contribution in [0.25, 0.3) is 11.1 Å². The summed E-state index contributed by atoms with van der Waals surface area (Å²) in [6, 6.07) is 7.82. The molecule has 1 aliphatic heterocycles. The molecule has 1 aliphatic rings. The van der Waals surface area contributed by atoms with Crippen molar-refractivity contribution in [2.45, 2.75) is 36.7 Å². The number of amides is 1. The molecule has 2 aromatic carbocycles. The van der Waals surface area contributed by atoms with E-state index < -0.39 is 22.9 Å². The topological polar surface area (TPSA) is 47.6 Å². The van der Waals surface area contributed by atoms with Crippen molar-refractivity contribution in [1.29, 1.82) is 0 Å². The summed E-state index contributed by atoms with van der Waals surface area (Å²) in [6.45, 7) is 5.55. The van der Waals surface area contributed by atoms with Gasteiger partial charge in [0.1, 0.15) is 17.2 Å². The van der Waals surface area contributed by atoms with E-state index in [9.17, 15) is 9.18 Å². The van der Waals surface area contributed by atoms with Gasteiger partial charge >= 0.3 is 6.09 Å². The number of benzene rings is 2. The van der Waals surface area contributed by atoms with Gasteiger partial charge in [-0.3, -0.25) is 0 Å². The average Bonchev–Trinajstić information content (AvgIpc) is 2.94. The van der Waals surface area contributed by atoms with Gasteiger partial charge < -0.3 is 14.8 Å². The largest absolute Gasteiger partial charge is 0.476 e. The van der Waals surface area contributed by atoms with Crippen LogP contribution >= 0.6 is 35.0 Å². The van der Waals surface area contributed by atoms with Crippen molar-refractivity contribution in [2.24, 2.45) is 0 Å². The Kier molecular flexibility index (Phi) is 5.79. The third-order valence-corrected chi connectivity index (χ3v) is 5.28. The SMILES string of the molecule is CC(C)(C)OC(=O)NCC1Oc2c(cc(F)cc2-c2c(Cl)cccc2Cl)S1. The molecule has 0 bridgehead atoms. The molecule has 144 valence electrons. The van der Waals surface area contributed by atoms with E-state index in [2.05, 4.69) is 5.32 Å². The predicted molar refractivity (Wildman–Crippen MR) is 106 cm³/mol. The fourth-order valence-electron chi connectivity index (χ4n) is 2.58. The van der Waals surface area contributed by atoms with Gasteiger partial charge in [0.05, 0.1) is 21.5 Å². The summed E-state index contributed by atoms with van der Waals surface area (Å²) >= 11 is 13.9. The van der Waals surface area contributed by atoms with Crippen LogP contribution < -0.4 is 10.1 Å². The number of hydrogen-bond acceptors (Lipinski definition) is 4. The second-order valence-electron chi connectivity index (χ2n) is 6.93. The molecule has 0 spiro atoms. The summed E-state index contributed by atoms with van der Waals surface area (Å²) in [5.41, 5.74) is -0.0199. The lowest BCUT2D eigenvalue weighted by Crippen LogP contribution is -2.36. The van der Waals surface area contributed by atoms with Crippen LogP contribution in [0.5, 0.6) is 5.75 Å². The molecule has 27 heavy (non-hydrogen) atoms. The van der Waals surface area contributed by atoms with E-state index in [0.717, 1.165) is 0 Å². The lowest BCUT2D eigenvalue weighted by Gasteiger charge is -2.20. The normalized spacial score (nSPS) is 15.9. The second-order valence-corrected chi connectivity index (χ2v) is 8.94. The van der Waals surface area contributed by atoms with Gasteiger partial charge in [0.25, 0.3) is 0 Å². The van der Waals surface area contributed by atoms with Crippen molar-refractivity contribution in [3.05, 3.63) is 46.2 Å². The molecule has 1 N–H and O–H groups in total. The van der Waals surface area contributed by atoms with E-state index in [-0.39, 0.29) is 6.54 Å². The minimum Gasteiger partial charge on any atom is -0.476 e. The van der Waals surface area contributed by atoms with E-state index in [1.54, 1.807) is 39.0 Å². The number of alkyl carbamates (subject to hydrolysis) is 1. The molecule has 0 fully saturated rings. The fraction of sp³-hybridized carbons (Fsp3) is 0.316. The highest BCUT2D eigenvalue weighted by molar-refractivity contribution is 8.00. The molecule has 0 radical (unpaired) electrons. The van der Waals surface area contributed by atoms with E-state index in [1.807, 2.05) is 0 Å². The molecule has 0 aliphatic carbocycles. The Hall–Kier alpha value is -1.63. The molecule has 0 aromatic heterocycles. The maximum Gasteiger partial charge on any atom is 0.407 e. The Morgan fingerprint density at radius 3 is 2.59 bits per heavy atom. The maximum atomic E-state index is 14.2. The summed E-state index contributed by atoms with van der Waals surface area (Å²) in [6.07, 6.45) is -0.539. The van der Waals surface area contributed by atoms with Crippen molar-refractivity contribution >= 4 is 41.1 Å². The monoisotopic (exact) mass is 429 g/mol. The Bertz CT molecular complexity index is 866. The Balaban J connectivity index is 1.81. The van der Waals surface area contributed by atoms with Crippen LogP contribution in [0.15, 0.2) is 35.2 Å². The second kappa shape index (κ2) is 7.78. The molecule has 1 heterocycles. The maximum absolute atomic E-state index is 14.2. The fourth-order valence-corrected chi connectivity index (χ4v) is 4.22. The Morgan fingerprint density at radius 1 is 1.30 bits per heavy atom. The van der Waals surface area contributed by atoms with Gasteiger partial charge in [-0.15, -0.1) is 0 Å². The van der Waals surface area contributed by atoms with Crippen molar-refractivity contribution in [3.63, 3.8) is 0 Å². The number of halogens is 3. The molecular weight excluding hydrogens is 412 g/mol. The summed E-state index contributed by atoms with van der Waals surface area (Å²) in [4.78, 5) is 12.4. The third-order valence-electron chi connectivity index (χ3n) is 3.57. The number of nitrogens with one attached hydrogen (secondary N) is 1. The molecule has 0 saturated carbocycles. The number of carbonyl (C=O) groups is 1. The smallest absolute Gasteiger partial charge is 0.407 e. The standard InChI is InChI=1S/C19H18Cl2FNO3S/c1-19(2,3)26-18(24)23-9-15-25-17-11(7-10(22)8-14(17)27-15)16-12(20)5-4-6-13(16)21/h4-8,15H,9H2,1-3H3,(H,23,24). The van der Waals surface area contributed by atoms with Crippen LogP contribution in [0.4, 0.5) is 9.18 Å². The van der Waals surface area contributed by atoms with Gasteiger partial charge in [-0.05, 0) is 45.0 Å². The zero-order valence-electron chi connectivity index (χ0n) is 14.9. The van der Waals surface area contributed by atoms with E-state index >= 15 is 0 Å². The molecule has 2 aromatic rings. The molecule has 3 rings (SSSR count). The molecule has 4 nitrogen and oxygen atoms in total. The van der Waals surface area contributed by atoms with Crippen LogP contribution in [-0.2, 0) is 4.74 Å². The van der Waals surface area contributed by atoms with Crippen molar-refractivity contribution in [3.8, 4) is 16.9 Å². The predicted octanol–water partition coefficient (Wildman–Crippen LogP) is 6.13. The van der Waals surface area contributed by atoms with Gasteiger partial charge in [-0.25, -0.2) is 9.18 Å². The van der Waals surface area contributed by atoms with Gasteiger partial charge in [0.15, 0.2) is 5.44 Å². The lowest BCUT2D eigenvalue weighted by molar-refractivity contribution is 0.0517. The molecule has 0 saturated heterocycles. The highest BCUT2D eigenvalue weighted by Gasteiger charge is 2.30. The number of carbonyl (C=O) groups excluding carboxylic acids is 1. The molecule has 1 atom stereocenters. The van der Waals surface area contributed by atoms with Crippen LogP contribution in [0, 0.1) is 5.82 Å². The number of hydrogen-bond donors (Lipinski definition) is 1. The van der Waals surface area contributed by atoms with Gasteiger partial charge in [-0.1, -0.05) is 41.0 Å². The van der Waals surface area contributed by atoms with Gasteiger partial charge in [-0.2, -0.15) is 0 Å². The lowest BCUT2D eigenvalue weighted by atomic mass is 10.0. The third kappa shape index (κ3) is 4.81. The van der Waals surface area contributed by atoms with Crippen molar-refractivity contribution < 1.29 is 18.7 Å². The minimum atomic E-state index is -0.589. The summed E-state index contributed by atoms with van der Waals surface area (Å²) in [5, 5.41) is 3.46. The summed E-state index contributed by atoms with van der Waals surface area (Å²) in [5.74, 6) is 0.0731. The molecular formula is C19H18Cl2FNO3S. The van der Waals surface area contributed by atoms with Crippen molar-refractivity contribution in [1.82, 2.24) is 5.32 Å². The Morgan fingerprint density at radius 2 is 1.96 bits per heavy atom. The highest BCUT2D eigenvalue weighted by Crippen LogP contribution is 2.49. The first kappa shape index (κ1) is 20.1. The van der Waals surface area contributed by atoms with Crippen LogP contribution in [-0.4, -0.2) is 23.7 Å². The number of rotatable bonds is 3. The van der Waals surface area contributed by atoms with E-state index in [0.29, 0.717) is 31.8 Å². The molecule has 1 amide bonds. The molecule has 1 unspecified atom stereocenters. The zero-order chi connectivity index (χ0) is 19.8. The van der Waals surface area contributed by atoms with E-state index in [1.165, 1.54) is 23.9 Å². The number of thioether (sulfide) groups is 1. The minimum absolute atomic E-state index is 0.200. The summed E-state index contributed by atoms with van der Waals surface area (Å²) < 4.78 is 25.3. The van der Waals surface area contributed by atoms with Crippen molar-refractivity contribution in [2.75, 3.05) is 6.54 Å². The highest BCUT2D eigenvalue weighted by atomic mass is 35.5. The van der Waals surface area contributed by atoms with Crippen LogP contribution in [0.2, 0.25) is 10.0 Å². The van der Waals surface area contributed by atoms with Crippen LogP contribution in [0.1, 0.15) is 20.8 Å². The van der Waals surface area contributed by atoms with E-state index in [4.69, 9.17) is 32.7 Å². The van der Waals surface area contributed by atoms with Gasteiger partial charge in [0, 0.05) is 11.1 Å². The summed E-state index contributed by atoms with van der Waals surface area (Å²) in [7, 11) is 0.